The van der Waals surface area contributed by atoms with Crippen LogP contribution in [0.15, 0.2) is 0 Å². The average molecular weight is 318 g/mol. The third-order valence-electron chi connectivity index (χ3n) is 1.47. The first-order chi connectivity index (χ1) is 3.80. The third kappa shape index (κ3) is 1.93. The Labute approximate surface area is 64.3 Å². The van der Waals surface area contributed by atoms with E-state index in [0.717, 1.165) is 0 Å². The molecule has 0 heterocycles. The molecule has 1 fully saturated rings. The average Bonchev–Trinajstić information content (AvgIpc) is 2.12. The number of hydrogen-bond acceptors (Lipinski definition) is 0. The Bertz CT molecular complexity index is 108. The van der Waals surface area contributed by atoms with Gasteiger partial charge in [0.15, 0.2) is 0 Å². The first kappa shape index (κ1) is 7.43. The Morgan fingerprint density at radius 1 is 1.12 bits per heavy atom. The summed E-state index contributed by atoms with van der Waals surface area (Å²) in [6.45, 7) is 0. The van der Waals surface area contributed by atoms with Gasteiger partial charge in [0, 0.05) is 0 Å². The quantitative estimate of drug-likeness (QED) is 0.603. The predicted octanol–water partition coefficient (Wildman–Crippen LogP) is 2.66. The molecule has 0 unspecified atom stereocenters. The van der Waals surface area contributed by atoms with Crippen molar-refractivity contribution in [2.24, 2.45) is 0 Å². The Morgan fingerprint density at radius 3 is 1.88 bits per heavy atom. The van der Waals surface area contributed by atoms with Gasteiger partial charge in [-0.05, 0) is 0 Å². The van der Waals surface area contributed by atoms with Crippen molar-refractivity contribution >= 4 is 20.4 Å². The molecule has 0 amide bonds. The fourth-order valence-corrected chi connectivity index (χ4v) is 6.71. The zero-order valence-corrected chi connectivity index (χ0v) is 9.69. The van der Waals surface area contributed by atoms with E-state index >= 15 is 0 Å². The van der Waals surface area contributed by atoms with Crippen LogP contribution in [0.1, 0.15) is 25.7 Å². The molecular formula is C5H8Cl2Hf. The van der Waals surface area contributed by atoms with Gasteiger partial charge in [0.1, 0.15) is 0 Å². The van der Waals surface area contributed by atoms with Gasteiger partial charge in [-0.25, -0.2) is 0 Å². The monoisotopic (exact) mass is 318 g/mol. The zero-order valence-electron chi connectivity index (χ0n) is 4.58. The van der Waals surface area contributed by atoms with E-state index in [1.807, 2.05) is 0 Å². The van der Waals surface area contributed by atoms with E-state index in [2.05, 4.69) is 0 Å². The molecule has 0 atom stereocenters. The second kappa shape index (κ2) is 3.48. The van der Waals surface area contributed by atoms with Gasteiger partial charge in [-0.15, -0.1) is 0 Å². The van der Waals surface area contributed by atoms with E-state index in [0.29, 0.717) is 0 Å². The van der Waals surface area contributed by atoms with Crippen molar-refractivity contribution in [2.45, 2.75) is 25.7 Å². The van der Waals surface area contributed by atoms with E-state index < -0.39 is 18.6 Å². The Hall–Kier alpha value is 1.32. The van der Waals surface area contributed by atoms with Crippen molar-refractivity contribution in [1.82, 2.24) is 0 Å². The molecule has 0 aromatic rings. The fourth-order valence-electron chi connectivity index (χ4n) is 0.991. The van der Waals surface area contributed by atoms with Crippen molar-refractivity contribution in [2.75, 3.05) is 0 Å². The molecule has 0 N–H and O–H groups in total. The van der Waals surface area contributed by atoms with Gasteiger partial charge in [-0.2, -0.15) is 0 Å². The summed E-state index contributed by atoms with van der Waals surface area (Å²) in [5, 5.41) is 0. The second-order valence-electron chi connectivity index (χ2n) is 2.07. The van der Waals surface area contributed by atoms with Crippen LogP contribution in [-0.2, 0) is 18.6 Å². The van der Waals surface area contributed by atoms with Gasteiger partial charge in [0.05, 0.1) is 0 Å². The normalized spacial score (nSPS) is 19.5. The summed E-state index contributed by atoms with van der Waals surface area (Å²) in [7, 11) is 11.7. The molecule has 3 heteroatoms. The topological polar surface area (TPSA) is 0 Å². The van der Waals surface area contributed by atoms with Crippen LogP contribution in [0.25, 0.3) is 0 Å². The van der Waals surface area contributed by atoms with E-state index in [9.17, 15) is 0 Å². The maximum absolute atomic E-state index is 5.83. The summed E-state index contributed by atoms with van der Waals surface area (Å²) in [4.78, 5) is 0. The molecule has 0 radical (unpaired) electrons. The minimum absolute atomic E-state index is 1.25. The molecule has 0 aromatic carbocycles. The molecule has 0 saturated heterocycles. The molecule has 0 aliphatic heterocycles. The summed E-state index contributed by atoms with van der Waals surface area (Å²) in [5.74, 6) is 0. The van der Waals surface area contributed by atoms with Crippen molar-refractivity contribution in [1.29, 1.82) is 0 Å². The summed E-state index contributed by atoms with van der Waals surface area (Å²) in [6, 6.07) is 0. The van der Waals surface area contributed by atoms with Crippen molar-refractivity contribution < 1.29 is 18.6 Å². The van der Waals surface area contributed by atoms with E-state index in [1.165, 1.54) is 25.7 Å². The summed E-state index contributed by atoms with van der Waals surface area (Å²) in [5.41, 5.74) is 0. The van der Waals surface area contributed by atoms with Gasteiger partial charge in [-0.1, -0.05) is 0 Å². The van der Waals surface area contributed by atoms with Gasteiger partial charge in [0.2, 0.25) is 0 Å². The Kier molecular flexibility index (Phi) is 3.23. The molecule has 0 aromatic heterocycles. The van der Waals surface area contributed by atoms with E-state index in [-0.39, 0.29) is 0 Å². The summed E-state index contributed by atoms with van der Waals surface area (Å²) >= 11 is -1.98. The van der Waals surface area contributed by atoms with Crippen molar-refractivity contribution in [3.63, 3.8) is 0 Å². The minimum atomic E-state index is -1.98. The van der Waals surface area contributed by atoms with Crippen LogP contribution in [0.3, 0.4) is 0 Å². The number of hydrogen-bond donors (Lipinski definition) is 0. The van der Waals surface area contributed by atoms with Crippen molar-refractivity contribution in [3.8, 4) is 0 Å². The van der Waals surface area contributed by atoms with Crippen LogP contribution < -0.4 is 0 Å². The molecule has 0 spiro atoms. The van der Waals surface area contributed by atoms with Crippen LogP contribution >= 0.6 is 17.2 Å². The predicted molar refractivity (Wildman–Crippen MR) is 35.2 cm³/mol. The molecule has 1 rings (SSSR count). The Morgan fingerprint density at radius 2 is 1.62 bits per heavy atom. The van der Waals surface area contributed by atoms with Crippen LogP contribution in [0.4, 0.5) is 0 Å². The van der Waals surface area contributed by atoms with Gasteiger partial charge in [0.25, 0.3) is 0 Å². The van der Waals surface area contributed by atoms with Crippen LogP contribution in [0, 0.1) is 0 Å². The van der Waals surface area contributed by atoms with Crippen LogP contribution in [-0.4, -0.2) is 3.26 Å². The number of rotatable bonds is 0. The first-order valence-electron chi connectivity index (χ1n) is 2.84. The molecule has 0 bridgehead atoms. The Balaban J connectivity index is 2.58. The standard InChI is InChI=1S/C5H8.2ClH.Hf/c1-2-4-5-3-1;;;/h1-4H2;2*1H;/q;;;+2/p-2. The molecule has 1 saturated carbocycles. The van der Waals surface area contributed by atoms with E-state index in [1.54, 1.807) is 3.26 Å². The summed E-state index contributed by atoms with van der Waals surface area (Å²) < 4.78 is 1.54. The molecule has 1 aliphatic carbocycles. The van der Waals surface area contributed by atoms with Crippen LogP contribution in [0.2, 0.25) is 0 Å². The fraction of sp³-hybridized carbons (Fsp3) is 0.800. The maximum atomic E-state index is 5.83. The van der Waals surface area contributed by atoms with Crippen molar-refractivity contribution in [3.05, 3.63) is 0 Å². The molecule has 8 heavy (non-hydrogen) atoms. The number of halogens is 2. The molecule has 46 valence electrons. The second-order valence-corrected chi connectivity index (χ2v) is 14.3. The molecule has 0 nitrogen and oxygen atoms in total. The molecule has 1 aliphatic rings. The van der Waals surface area contributed by atoms with Crippen LogP contribution in [0.5, 0.6) is 0 Å². The SMILES string of the molecule is [Cl][Hf]([Cl])=[C]1CCCC1. The molecular weight excluding hydrogens is 309 g/mol. The van der Waals surface area contributed by atoms with E-state index in [4.69, 9.17) is 17.2 Å². The zero-order chi connectivity index (χ0) is 5.98. The van der Waals surface area contributed by atoms with Gasteiger partial charge >= 0.3 is 64.7 Å². The summed E-state index contributed by atoms with van der Waals surface area (Å²) in [6.07, 6.45) is 5.16. The third-order valence-corrected chi connectivity index (χ3v) is 9.57. The van der Waals surface area contributed by atoms with Gasteiger partial charge < -0.3 is 0 Å². The first-order valence-corrected chi connectivity index (χ1v) is 13.5. The van der Waals surface area contributed by atoms with Gasteiger partial charge in [-0.3, -0.25) is 0 Å².